The molecule has 4 rings (SSSR count). The van der Waals surface area contributed by atoms with Crippen molar-refractivity contribution >= 4 is 21.6 Å². The summed E-state index contributed by atoms with van der Waals surface area (Å²) in [5.41, 5.74) is 0.327. The van der Waals surface area contributed by atoms with Crippen LogP contribution in [0.4, 0.5) is 17.6 Å². The van der Waals surface area contributed by atoms with Gasteiger partial charge in [0.2, 0.25) is 0 Å². The van der Waals surface area contributed by atoms with E-state index >= 15 is 0 Å². The number of hydrogen-bond acceptors (Lipinski definition) is 4. The molecule has 0 amide bonds. The van der Waals surface area contributed by atoms with E-state index in [1.54, 1.807) is 19.2 Å². The highest BCUT2D eigenvalue weighted by atomic mass is 35.5. The van der Waals surface area contributed by atoms with Crippen molar-refractivity contribution < 1.29 is 26.0 Å². The Balaban J connectivity index is 1.58. The zero-order valence-electron chi connectivity index (χ0n) is 17.9. The van der Waals surface area contributed by atoms with Gasteiger partial charge in [0.15, 0.2) is 5.03 Å². The number of alkyl halides is 3. The Morgan fingerprint density at radius 2 is 1.85 bits per heavy atom. The third-order valence-corrected chi connectivity index (χ3v) is 7.87. The summed E-state index contributed by atoms with van der Waals surface area (Å²) in [6.07, 6.45) is -1.71. The van der Waals surface area contributed by atoms with E-state index in [0.717, 1.165) is 17.7 Å². The molecule has 3 aromatic rings. The van der Waals surface area contributed by atoms with Gasteiger partial charge in [0.05, 0.1) is 11.9 Å². The van der Waals surface area contributed by atoms with Crippen LogP contribution in [0.25, 0.3) is 0 Å². The van der Waals surface area contributed by atoms with Crippen LogP contribution in [0.5, 0.6) is 0 Å². The quantitative estimate of drug-likeness (QED) is 0.499. The highest BCUT2D eigenvalue weighted by molar-refractivity contribution is 7.89. The van der Waals surface area contributed by atoms with Gasteiger partial charge in [-0.15, -0.1) is 0 Å². The molecule has 1 aliphatic rings. The van der Waals surface area contributed by atoms with Gasteiger partial charge in [-0.05, 0) is 35.4 Å². The van der Waals surface area contributed by atoms with Gasteiger partial charge < -0.3 is 9.88 Å². The summed E-state index contributed by atoms with van der Waals surface area (Å²) in [6, 6.07) is 8.50. The van der Waals surface area contributed by atoms with Crippen LogP contribution in [0, 0.1) is 5.82 Å². The van der Waals surface area contributed by atoms with Crippen LogP contribution in [0.2, 0.25) is 5.02 Å². The molecule has 1 saturated heterocycles. The fourth-order valence-electron chi connectivity index (χ4n) is 3.98. The summed E-state index contributed by atoms with van der Waals surface area (Å²) in [4.78, 5) is 3.95. The summed E-state index contributed by atoms with van der Waals surface area (Å²) in [5.74, 6) is -0.743. The Hall–Kier alpha value is -2.47. The normalized spacial score (nSPS) is 19.6. The molecule has 0 spiro atoms. The lowest BCUT2D eigenvalue weighted by Gasteiger charge is -2.21. The van der Waals surface area contributed by atoms with Crippen molar-refractivity contribution in [1.82, 2.24) is 19.2 Å². The van der Waals surface area contributed by atoms with Crippen molar-refractivity contribution in [3.8, 4) is 0 Å². The van der Waals surface area contributed by atoms with E-state index in [-0.39, 0.29) is 35.6 Å². The number of halogens is 5. The molecule has 2 atom stereocenters. The average Bonchev–Trinajstić information content (AvgIpc) is 3.40. The van der Waals surface area contributed by atoms with E-state index in [9.17, 15) is 26.0 Å². The first kappa shape index (κ1) is 24.6. The molecule has 6 nitrogen and oxygen atoms in total. The van der Waals surface area contributed by atoms with Crippen LogP contribution in [0.3, 0.4) is 0 Å². The second-order valence-electron chi connectivity index (χ2n) is 8.15. The summed E-state index contributed by atoms with van der Waals surface area (Å²) >= 11 is 6.08. The van der Waals surface area contributed by atoms with E-state index in [0.29, 0.717) is 5.56 Å². The summed E-state index contributed by atoms with van der Waals surface area (Å²) in [5, 5.41) is 3.10. The van der Waals surface area contributed by atoms with Crippen molar-refractivity contribution in [2.75, 3.05) is 13.1 Å². The number of imidazole rings is 1. The number of rotatable bonds is 6. The van der Waals surface area contributed by atoms with Gasteiger partial charge in [-0.25, -0.2) is 17.8 Å². The minimum Gasteiger partial charge on any atom is -0.339 e. The maximum atomic E-state index is 13.5. The number of aromatic nitrogens is 2. The minimum absolute atomic E-state index is 0.0448. The van der Waals surface area contributed by atoms with Gasteiger partial charge in [0.25, 0.3) is 10.0 Å². The van der Waals surface area contributed by atoms with Gasteiger partial charge in [0, 0.05) is 49.9 Å². The highest BCUT2D eigenvalue weighted by Crippen LogP contribution is 2.34. The topological polar surface area (TPSA) is 67.2 Å². The molecule has 2 heterocycles. The number of hydrogen-bond donors (Lipinski definition) is 1. The van der Waals surface area contributed by atoms with Gasteiger partial charge in [-0.1, -0.05) is 29.8 Å². The first-order chi connectivity index (χ1) is 15.9. The van der Waals surface area contributed by atoms with E-state index in [2.05, 4.69) is 10.3 Å². The Morgan fingerprint density at radius 3 is 2.44 bits per heavy atom. The molecule has 1 N–H and O–H groups in total. The first-order valence-electron chi connectivity index (χ1n) is 10.3. The molecule has 0 bridgehead atoms. The molecule has 12 heteroatoms. The second kappa shape index (κ2) is 9.29. The predicted molar refractivity (Wildman–Crippen MR) is 118 cm³/mol. The first-order valence-corrected chi connectivity index (χ1v) is 12.1. The molecule has 2 unspecified atom stereocenters. The third kappa shape index (κ3) is 5.12. The average molecular weight is 517 g/mol. The molecule has 34 heavy (non-hydrogen) atoms. The molecular formula is C22H21ClF4N4O2S. The lowest BCUT2D eigenvalue weighted by Crippen LogP contribution is -2.36. The summed E-state index contributed by atoms with van der Waals surface area (Å²) < 4.78 is 81.3. The van der Waals surface area contributed by atoms with Crippen molar-refractivity contribution in [2.45, 2.75) is 29.7 Å². The van der Waals surface area contributed by atoms with Crippen molar-refractivity contribution in [3.05, 3.63) is 82.5 Å². The molecule has 2 aromatic carbocycles. The maximum absolute atomic E-state index is 13.5. The van der Waals surface area contributed by atoms with Crippen LogP contribution in [0.15, 0.2) is 60.0 Å². The van der Waals surface area contributed by atoms with Crippen LogP contribution in [-0.4, -0.2) is 41.4 Å². The van der Waals surface area contributed by atoms with Gasteiger partial charge in [0.1, 0.15) is 5.82 Å². The Labute approximate surface area is 199 Å². The molecule has 0 saturated carbocycles. The van der Waals surface area contributed by atoms with E-state index in [1.807, 2.05) is 0 Å². The predicted octanol–water partition coefficient (Wildman–Crippen LogP) is 4.18. The zero-order valence-corrected chi connectivity index (χ0v) is 19.5. The Morgan fingerprint density at radius 1 is 1.15 bits per heavy atom. The summed E-state index contributed by atoms with van der Waals surface area (Å²) in [7, 11) is -2.21. The third-order valence-electron chi connectivity index (χ3n) is 5.81. The van der Waals surface area contributed by atoms with E-state index in [4.69, 9.17) is 11.6 Å². The molecule has 1 aromatic heterocycles. The van der Waals surface area contributed by atoms with Crippen LogP contribution in [0.1, 0.15) is 22.6 Å². The fourth-order valence-corrected chi connectivity index (χ4v) is 5.69. The molecule has 0 aliphatic carbocycles. The molecule has 182 valence electrons. The van der Waals surface area contributed by atoms with E-state index in [1.165, 1.54) is 39.6 Å². The van der Waals surface area contributed by atoms with Crippen LogP contribution in [-0.2, 0) is 29.8 Å². The molecule has 1 fully saturated rings. The number of benzene rings is 2. The van der Waals surface area contributed by atoms with Gasteiger partial charge in [-0.2, -0.15) is 17.5 Å². The largest absolute Gasteiger partial charge is 0.416 e. The van der Waals surface area contributed by atoms with Crippen LogP contribution >= 0.6 is 11.6 Å². The number of nitrogens with one attached hydrogen (secondary N) is 1. The lowest BCUT2D eigenvalue weighted by atomic mass is 9.94. The zero-order chi connectivity index (χ0) is 24.7. The standard InChI is InChI=1S/C22H21ClF4N4O2S/c1-30-12-21(29-13-30)34(32,33)31-10-18(14-3-6-17(24)7-4-14)20(11-31)28-9-15-2-5-16(8-19(15)23)22(25,26)27/h2-8,12-13,18,20,28H,9-11H2,1H3. The Kier molecular flexibility index (Phi) is 6.74. The summed E-state index contributed by atoms with van der Waals surface area (Å²) in [6.45, 7) is 0.346. The molecule has 1 aliphatic heterocycles. The fraction of sp³-hybridized carbons (Fsp3) is 0.318. The van der Waals surface area contributed by atoms with Crippen molar-refractivity contribution in [1.29, 1.82) is 0 Å². The monoisotopic (exact) mass is 516 g/mol. The van der Waals surface area contributed by atoms with Gasteiger partial charge in [-0.3, -0.25) is 0 Å². The second-order valence-corrected chi connectivity index (χ2v) is 10.4. The van der Waals surface area contributed by atoms with E-state index < -0.39 is 33.6 Å². The maximum Gasteiger partial charge on any atom is 0.416 e. The Bertz CT molecular complexity index is 1280. The smallest absolute Gasteiger partial charge is 0.339 e. The highest BCUT2D eigenvalue weighted by Gasteiger charge is 2.41. The molecule has 0 radical (unpaired) electrons. The SMILES string of the molecule is Cn1cnc(S(=O)(=O)N2CC(NCc3ccc(C(F)(F)F)cc3Cl)C(c3ccc(F)cc3)C2)c1. The van der Waals surface area contributed by atoms with Gasteiger partial charge >= 0.3 is 6.18 Å². The van der Waals surface area contributed by atoms with Crippen molar-refractivity contribution in [3.63, 3.8) is 0 Å². The molecular weight excluding hydrogens is 496 g/mol. The van der Waals surface area contributed by atoms with Crippen molar-refractivity contribution in [2.24, 2.45) is 7.05 Å². The number of nitrogens with zero attached hydrogens (tertiary/aromatic N) is 3. The van der Waals surface area contributed by atoms with Crippen LogP contribution < -0.4 is 5.32 Å². The lowest BCUT2D eigenvalue weighted by molar-refractivity contribution is -0.137. The number of sulfonamides is 1. The number of aryl methyl sites for hydroxylation is 1. The minimum atomic E-state index is -4.50.